The molecule has 9 heavy (non-hydrogen) atoms. The third-order valence-corrected chi connectivity index (χ3v) is 1.35. The van der Waals surface area contributed by atoms with Crippen LogP contribution in [-0.4, -0.2) is 23.8 Å². The topological polar surface area (TPSA) is 26.3 Å². The summed E-state index contributed by atoms with van der Waals surface area (Å²) in [6, 6.07) is -1.72. The summed E-state index contributed by atoms with van der Waals surface area (Å²) >= 11 is 0. The van der Waals surface area contributed by atoms with Gasteiger partial charge < -0.3 is 10.3 Å². The molecule has 0 amide bonds. The SMILES string of the molecule is [O-]N1CCC1C(F)(F)F. The van der Waals surface area contributed by atoms with E-state index in [0.717, 1.165) is 0 Å². The van der Waals surface area contributed by atoms with E-state index in [-0.39, 0.29) is 18.0 Å². The van der Waals surface area contributed by atoms with Crippen molar-refractivity contribution in [3.8, 4) is 0 Å². The predicted molar refractivity (Wildman–Crippen MR) is 24.5 cm³/mol. The molecule has 1 atom stereocenters. The van der Waals surface area contributed by atoms with Crippen molar-refractivity contribution < 1.29 is 13.2 Å². The summed E-state index contributed by atoms with van der Waals surface area (Å²) in [5.41, 5.74) is 0. The van der Waals surface area contributed by atoms with Gasteiger partial charge >= 0.3 is 6.18 Å². The van der Waals surface area contributed by atoms with E-state index in [9.17, 15) is 18.4 Å². The molecular weight excluding hydrogens is 135 g/mol. The van der Waals surface area contributed by atoms with Gasteiger partial charge in [0, 0.05) is 0 Å². The van der Waals surface area contributed by atoms with Crippen LogP contribution in [0.2, 0.25) is 0 Å². The molecule has 0 aromatic heterocycles. The Hall–Kier alpha value is -0.290. The van der Waals surface area contributed by atoms with Gasteiger partial charge in [-0.3, -0.25) is 0 Å². The van der Waals surface area contributed by atoms with Gasteiger partial charge in [0.1, 0.15) is 0 Å². The lowest BCUT2D eigenvalue weighted by molar-refractivity contribution is -0.200. The van der Waals surface area contributed by atoms with Crippen LogP contribution in [0, 0.1) is 5.21 Å². The number of hydroxylamine groups is 2. The van der Waals surface area contributed by atoms with Crippen LogP contribution in [0.3, 0.4) is 0 Å². The van der Waals surface area contributed by atoms with Crippen LogP contribution in [0.4, 0.5) is 13.2 Å². The summed E-state index contributed by atoms with van der Waals surface area (Å²) in [7, 11) is 0. The quantitative estimate of drug-likeness (QED) is 0.504. The number of hydrogen-bond donors (Lipinski definition) is 0. The lowest BCUT2D eigenvalue weighted by Crippen LogP contribution is -2.52. The number of rotatable bonds is 0. The zero-order chi connectivity index (χ0) is 7.07. The third-order valence-electron chi connectivity index (χ3n) is 1.35. The van der Waals surface area contributed by atoms with Crippen molar-refractivity contribution in [1.29, 1.82) is 0 Å². The molecule has 54 valence electrons. The van der Waals surface area contributed by atoms with Crippen LogP contribution in [0.15, 0.2) is 0 Å². The van der Waals surface area contributed by atoms with Gasteiger partial charge in [-0.1, -0.05) is 0 Å². The molecular formula is C4H5F3NO-. The molecule has 5 heteroatoms. The molecule has 0 aliphatic carbocycles. The molecule has 1 aliphatic rings. The summed E-state index contributed by atoms with van der Waals surface area (Å²) in [5, 5.41) is 10.1. The van der Waals surface area contributed by atoms with Gasteiger partial charge in [-0.2, -0.15) is 13.2 Å². The molecule has 1 saturated heterocycles. The summed E-state index contributed by atoms with van der Waals surface area (Å²) in [4.78, 5) is 0. The maximum absolute atomic E-state index is 11.5. The second-order valence-electron chi connectivity index (χ2n) is 1.99. The van der Waals surface area contributed by atoms with Crippen molar-refractivity contribution in [1.82, 2.24) is 5.06 Å². The fraction of sp³-hybridized carbons (Fsp3) is 1.00. The first-order chi connectivity index (χ1) is 4.02. The number of nitrogens with zero attached hydrogens (tertiary/aromatic N) is 1. The second kappa shape index (κ2) is 1.85. The minimum Gasteiger partial charge on any atom is -0.785 e. The molecule has 1 fully saturated rings. The maximum Gasteiger partial charge on any atom is 0.403 e. The predicted octanol–water partition coefficient (Wildman–Crippen LogP) is 1.12. The van der Waals surface area contributed by atoms with E-state index in [1.165, 1.54) is 0 Å². The van der Waals surface area contributed by atoms with E-state index < -0.39 is 12.2 Å². The molecule has 2 nitrogen and oxygen atoms in total. The summed E-state index contributed by atoms with van der Waals surface area (Å²) in [6.45, 7) is 0.0180. The van der Waals surface area contributed by atoms with E-state index in [1.54, 1.807) is 0 Å². The van der Waals surface area contributed by atoms with E-state index >= 15 is 0 Å². The Bertz CT molecular complexity index is 113. The Morgan fingerprint density at radius 1 is 1.44 bits per heavy atom. The van der Waals surface area contributed by atoms with E-state index in [2.05, 4.69) is 0 Å². The van der Waals surface area contributed by atoms with Gasteiger partial charge in [0.15, 0.2) is 0 Å². The molecule has 0 aromatic rings. The summed E-state index contributed by atoms with van der Waals surface area (Å²) < 4.78 is 34.5. The van der Waals surface area contributed by atoms with Crippen LogP contribution in [-0.2, 0) is 0 Å². The van der Waals surface area contributed by atoms with E-state index in [1.807, 2.05) is 0 Å². The number of halogens is 3. The van der Waals surface area contributed by atoms with Gasteiger partial charge in [-0.05, 0) is 13.0 Å². The van der Waals surface area contributed by atoms with Gasteiger partial charge in [0.25, 0.3) is 0 Å². The highest BCUT2D eigenvalue weighted by molar-refractivity contribution is 4.88. The lowest BCUT2D eigenvalue weighted by Gasteiger charge is -2.46. The van der Waals surface area contributed by atoms with Crippen LogP contribution in [0.25, 0.3) is 0 Å². The van der Waals surface area contributed by atoms with Crippen molar-refractivity contribution >= 4 is 0 Å². The highest BCUT2D eigenvalue weighted by atomic mass is 19.4. The van der Waals surface area contributed by atoms with Crippen molar-refractivity contribution in [3.05, 3.63) is 5.21 Å². The largest absolute Gasteiger partial charge is 0.785 e. The Kier molecular flexibility index (Phi) is 1.40. The van der Waals surface area contributed by atoms with Crippen LogP contribution in [0.5, 0.6) is 0 Å². The van der Waals surface area contributed by atoms with Gasteiger partial charge in [0.05, 0.1) is 6.04 Å². The van der Waals surface area contributed by atoms with E-state index in [4.69, 9.17) is 0 Å². The average molecular weight is 140 g/mol. The highest BCUT2D eigenvalue weighted by Crippen LogP contribution is 2.32. The Balaban J connectivity index is 2.44. The monoisotopic (exact) mass is 140 g/mol. The Labute approximate surface area is 49.8 Å². The molecule has 0 N–H and O–H groups in total. The van der Waals surface area contributed by atoms with Crippen molar-refractivity contribution in [3.63, 3.8) is 0 Å². The maximum atomic E-state index is 11.5. The standard InChI is InChI=1S/C4H5F3NO/c5-4(6,7)3-1-2-8(3)9/h3H,1-2H2/q-1. The molecule has 1 unspecified atom stereocenters. The third kappa shape index (κ3) is 1.16. The molecule has 0 saturated carbocycles. The Morgan fingerprint density at radius 2 is 2.00 bits per heavy atom. The Morgan fingerprint density at radius 3 is 2.00 bits per heavy atom. The van der Waals surface area contributed by atoms with Gasteiger partial charge in [-0.25, -0.2) is 0 Å². The fourth-order valence-electron chi connectivity index (χ4n) is 0.691. The summed E-state index contributed by atoms with van der Waals surface area (Å²) in [5.74, 6) is 0. The average Bonchev–Trinajstić information content (AvgIpc) is 1.57. The first-order valence-corrected chi connectivity index (χ1v) is 2.52. The van der Waals surface area contributed by atoms with E-state index in [0.29, 0.717) is 0 Å². The zero-order valence-electron chi connectivity index (χ0n) is 4.48. The molecule has 1 heterocycles. The molecule has 1 rings (SSSR count). The van der Waals surface area contributed by atoms with Gasteiger partial charge in [0.2, 0.25) is 0 Å². The van der Waals surface area contributed by atoms with Crippen molar-refractivity contribution in [2.75, 3.05) is 6.54 Å². The minimum absolute atomic E-state index is 0.0180. The smallest absolute Gasteiger partial charge is 0.403 e. The van der Waals surface area contributed by atoms with Crippen molar-refractivity contribution in [2.24, 2.45) is 0 Å². The first kappa shape index (κ1) is 6.82. The normalized spacial score (nSPS) is 30.0. The molecule has 0 spiro atoms. The minimum atomic E-state index is -4.32. The lowest BCUT2D eigenvalue weighted by atomic mass is 10.1. The number of hydrogen-bond acceptors (Lipinski definition) is 2. The van der Waals surface area contributed by atoms with Crippen LogP contribution < -0.4 is 0 Å². The van der Waals surface area contributed by atoms with Crippen molar-refractivity contribution in [2.45, 2.75) is 18.6 Å². The zero-order valence-corrected chi connectivity index (χ0v) is 4.48. The number of alkyl halides is 3. The molecule has 1 aliphatic heterocycles. The van der Waals surface area contributed by atoms with Crippen LogP contribution >= 0.6 is 0 Å². The summed E-state index contributed by atoms with van der Waals surface area (Å²) in [6.07, 6.45) is -4.37. The highest BCUT2D eigenvalue weighted by Gasteiger charge is 2.44. The fourth-order valence-corrected chi connectivity index (χ4v) is 0.691. The first-order valence-electron chi connectivity index (χ1n) is 2.52. The molecule has 0 aromatic carbocycles. The van der Waals surface area contributed by atoms with Gasteiger partial charge in [-0.15, -0.1) is 0 Å². The molecule has 0 radical (unpaired) electrons. The second-order valence-corrected chi connectivity index (χ2v) is 1.99. The molecule has 0 bridgehead atoms. The van der Waals surface area contributed by atoms with Crippen LogP contribution in [0.1, 0.15) is 6.42 Å².